The van der Waals surface area contributed by atoms with Crippen LogP contribution in [0.5, 0.6) is 0 Å². The van der Waals surface area contributed by atoms with Crippen LogP contribution in [0.1, 0.15) is 98.2 Å². The fourth-order valence-corrected chi connectivity index (χ4v) is 4.08. The number of amides is 2. The van der Waals surface area contributed by atoms with Crippen molar-refractivity contribution in [2.24, 2.45) is 5.73 Å². The first-order valence-corrected chi connectivity index (χ1v) is 12.9. The zero-order chi connectivity index (χ0) is 26.1. The molecule has 1 aliphatic carbocycles. The number of rotatable bonds is 10. The number of aryl methyl sites for hydroxylation is 1. The van der Waals surface area contributed by atoms with Gasteiger partial charge in [-0.15, -0.1) is 0 Å². The molecule has 0 radical (unpaired) electrons. The Labute approximate surface area is 209 Å². The predicted octanol–water partition coefficient (Wildman–Crippen LogP) is 4.66. The number of carbonyl (C=O) groups is 2. The second kappa shape index (κ2) is 13.1. The first-order chi connectivity index (χ1) is 16.4. The number of nitrogens with zero attached hydrogens (tertiary/aromatic N) is 4. The quantitative estimate of drug-likeness (QED) is 0.497. The molecule has 10 heteroatoms. The van der Waals surface area contributed by atoms with E-state index in [1.54, 1.807) is 4.90 Å². The zero-order valence-electron chi connectivity index (χ0n) is 22.5. The van der Waals surface area contributed by atoms with E-state index in [1.807, 2.05) is 46.4 Å². The van der Waals surface area contributed by atoms with Crippen molar-refractivity contribution >= 4 is 12.2 Å². The van der Waals surface area contributed by atoms with Gasteiger partial charge in [-0.1, -0.05) is 24.4 Å². The van der Waals surface area contributed by atoms with Crippen molar-refractivity contribution in [3.8, 4) is 0 Å². The molecular formula is C25H45N5O5. The molecule has 1 aliphatic rings. The summed E-state index contributed by atoms with van der Waals surface area (Å²) >= 11 is 0. The Hall–Kier alpha value is -2.36. The van der Waals surface area contributed by atoms with Gasteiger partial charge in [0, 0.05) is 32.1 Å². The van der Waals surface area contributed by atoms with Crippen LogP contribution in [0.25, 0.3) is 0 Å². The zero-order valence-corrected chi connectivity index (χ0v) is 22.5. The van der Waals surface area contributed by atoms with Crippen LogP contribution in [0.3, 0.4) is 0 Å². The third-order valence-corrected chi connectivity index (χ3v) is 5.63. The molecule has 2 N–H and O–H groups in total. The summed E-state index contributed by atoms with van der Waals surface area (Å²) in [6.45, 7) is 12.9. The average Bonchev–Trinajstić information content (AvgIpc) is 3.21. The topological polar surface area (TPSA) is 124 Å². The molecule has 0 spiro atoms. The van der Waals surface area contributed by atoms with Crippen molar-refractivity contribution in [3.05, 3.63) is 11.7 Å². The molecule has 0 bridgehead atoms. The van der Waals surface area contributed by atoms with Gasteiger partial charge in [0.15, 0.2) is 5.82 Å². The summed E-state index contributed by atoms with van der Waals surface area (Å²) in [6, 6.07) is 0.183. The monoisotopic (exact) mass is 495 g/mol. The van der Waals surface area contributed by atoms with Gasteiger partial charge in [-0.2, -0.15) is 4.98 Å². The normalized spacial score (nSPS) is 15.1. The summed E-state index contributed by atoms with van der Waals surface area (Å²) in [4.78, 5) is 33.6. The molecule has 1 fully saturated rings. The van der Waals surface area contributed by atoms with Crippen LogP contribution in [0.4, 0.5) is 9.59 Å². The molecule has 10 nitrogen and oxygen atoms in total. The van der Waals surface area contributed by atoms with Crippen molar-refractivity contribution in [2.75, 3.05) is 19.6 Å². The van der Waals surface area contributed by atoms with Gasteiger partial charge >= 0.3 is 12.2 Å². The highest BCUT2D eigenvalue weighted by Crippen LogP contribution is 2.25. The largest absolute Gasteiger partial charge is 0.444 e. The number of hydrogen-bond donors (Lipinski definition) is 1. The Kier molecular flexibility index (Phi) is 10.8. The number of carbonyl (C=O) groups excluding carboxylic acids is 2. The molecule has 0 saturated heterocycles. The number of aromatic nitrogens is 2. The van der Waals surface area contributed by atoms with E-state index in [1.165, 1.54) is 6.42 Å². The molecule has 1 heterocycles. The van der Waals surface area contributed by atoms with Crippen LogP contribution in [0.15, 0.2) is 4.52 Å². The van der Waals surface area contributed by atoms with Gasteiger partial charge in [0.1, 0.15) is 11.2 Å². The molecular weight excluding hydrogens is 450 g/mol. The predicted molar refractivity (Wildman–Crippen MR) is 133 cm³/mol. The van der Waals surface area contributed by atoms with E-state index in [2.05, 4.69) is 10.1 Å². The first-order valence-electron chi connectivity index (χ1n) is 12.9. The molecule has 200 valence electrons. The third-order valence-electron chi connectivity index (χ3n) is 5.63. The minimum Gasteiger partial charge on any atom is -0.444 e. The van der Waals surface area contributed by atoms with Crippen LogP contribution in [0, 0.1) is 0 Å². The van der Waals surface area contributed by atoms with Crippen LogP contribution in [0.2, 0.25) is 0 Å². The average molecular weight is 496 g/mol. The number of hydrogen-bond acceptors (Lipinski definition) is 8. The van der Waals surface area contributed by atoms with E-state index in [9.17, 15) is 9.59 Å². The second-order valence-electron chi connectivity index (χ2n) is 11.2. The maximum Gasteiger partial charge on any atom is 0.410 e. The maximum atomic E-state index is 13.0. The lowest BCUT2D eigenvalue weighted by atomic mass is 9.94. The Morgan fingerprint density at radius 1 is 0.943 bits per heavy atom. The lowest BCUT2D eigenvalue weighted by Crippen LogP contribution is -2.46. The highest BCUT2D eigenvalue weighted by atomic mass is 16.6. The van der Waals surface area contributed by atoms with Crippen molar-refractivity contribution < 1.29 is 23.6 Å². The highest BCUT2D eigenvalue weighted by Gasteiger charge is 2.30. The van der Waals surface area contributed by atoms with Gasteiger partial charge < -0.3 is 29.5 Å². The smallest absolute Gasteiger partial charge is 0.410 e. The summed E-state index contributed by atoms with van der Waals surface area (Å²) in [5.41, 5.74) is 4.39. The molecule has 1 aromatic rings. The summed E-state index contributed by atoms with van der Waals surface area (Å²) in [6.07, 6.45) is 6.60. The second-order valence-corrected chi connectivity index (χ2v) is 11.2. The molecule has 35 heavy (non-hydrogen) atoms. The van der Waals surface area contributed by atoms with Gasteiger partial charge in [0.2, 0.25) is 5.89 Å². The van der Waals surface area contributed by atoms with Crippen molar-refractivity contribution in [3.63, 3.8) is 0 Å². The summed E-state index contributed by atoms with van der Waals surface area (Å²) in [5.74, 6) is 0.969. The highest BCUT2D eigenvalue weighted by molar-refractivity contribution is 5.69. The van der Waals surface area contributed by atoms with Crippen LogP contribution in [-0.4, -0.2) is 69.0 Å². The van der Waals surface area contributed by atoms with Crippen molar-refractivity contribution in [1.82, 2.24) is 19.9 Å². The van der Waals surface area contributed by atoms with Crippen LogP contribution in [-0.2, 0) is 22.4 Å². The molecule has 1 aromatic heterocycles. The van der Waals surface area contributed by atoms with Crippen molar-refractivity contribution in [2.45, 2.75) is 117 Å². The van der Waals surface area contributed by atoms with Crippen molar-refractivity contribution in [1.29, 1.82) is 0 Å². The molecule has 0 aliphatic heterocycles. The van der Waals surface area contributed by atoms with Gasteiger partial charge in [0.05, 0.1) is 6.54 Å². The summed E-state index contributed by atoms with van der Waals surface area (Å²) in [7, 11) is 0. The minimum absolute atomic E-state index is 0.183. The molecule has 0 atom stereocenters. The molecule has 0 aromatic carbocycles. The standard InChI is InChI=1S/C25H45N5O5/c1-24(2,3)33-22(31)29(15-10-14-21-27-20(18-26)28-35-21)16-11-17-30(19-12-8-7-9-13-19)23(32)34-25(4,5)6/h19H,7-18,26H2,1-6H3. The maximum absolute atomic E-state index is 13.0. The fourth-order valence-electron chi connectivity index (χ4n) is 4.08. The summed E-state index contributed by atoms with van der Waals surface area (Å²) < 4.78 is 16.5. The minimum atomic E-state index is -0.595. The van der Waals surface area contributed by atoms with E-state index in [4.69, 9.17) is 19.7 Å². The Morgan fingerprint density at radius 2 is 1.54 bits per heavy atom. The van der Waals surface area contributed by atoms with E-state index < -0.39 is 11.2 Å². The molecule has 2 amide bonds. The van der Waals surface area contributed by atoms with Gasteiger partial charge in [-0.25, -0.2) is 9.59 Å². The van der Waals surface area contributed by atoms with Crippen LogP contribution < -0.4 is 5.73 Å². The van der Waals surface area contributed by atoms with E-state index >= 15 is 0 Å². The molecule has 2 rings (SSSR count). The van der Waals surface area contributed by atoms with E-state index in [0.717, 1.165) is 25.7 Å². The first kappa shape index (κ1) is 28.9. The van der Waals surface area contributed by atoms with Gasteiger partial charge in [-0.3, -0.25) is 0 Å². The molecule has 1 saturated carbocycles. The third kappa shape index (κ3) is 10.8. The molecule has 0 unspecified atom stereocenters. The summed E-state index contributed by atoms with van der Waals surface area (Å²) in [5, 5.41) is 3.81. The van der Waals surface area contributed by atoms with E-state index in [0.29, 0.717) is 50.6 Å². The van der Waals surface area contributed by atoms with Crippen LogP contribution >= 0.6 is 0 Å². The Bertz CT molecular complexity index is 793. The number of nitrogens with two attached hydrogens (primary N) is 1. The lowest BCUT2D eigenvalue weighted by Gasteiger charge is -2.36. The SMILES string of the molecule is CC(C)(C)OC(=O)N(CCCc1nc(CN)no1)CCCN(C(=O)OC(C)(C)C)C1CCCCC1. The fraction of sp³-hybridized carbons (Fsp3) is 0.840. The Morgan fingerprint density at radius 3 is 2.11 bits per heavy atom. The van der Waals surface area contributed by atoms with Gasteiger partial charge in [0.25, 0.3) is 0 Å². The Balaban J connectivity index is 1.99. The number of ether oxygens (including phenoxy) is 2. The van der Waals surface area contributed by atoms with Gasteiger partial charge in [-0.05, 0) is 67.2 Å². The lowest BCUT2D eigenvalue weighted by molar-refractivity contribution is 0.00997. The van der Waals surface area contributed by atoms with E-state index in [-0.39, 0.29) is 24.8 Å².